The molecule has 2 aliphatic heterocycles. The first kappa shape index (κ1) is 17.6. The molecular weight excluding hydrogens is 324 g/mol. The second-order valence-electron chi connectivity index (χ2n) is 9.42. The third kappa shape index (κ3) is 3.52. The Morgan fingerprint density at radius 2 is 1.73 bits per heavy atom. The number of nitrogens with one attached hydrogen (secondary N) is 3. The van der Waals surface area contributed by atoms with Crippen LogP contribution in [0.4, 0.5) is 11.8 Å². The van der Waals surface area contributed by atoms with Crippen molar-refractivity contribution in [2.24, 2.45) is 0 Å². The summed E-state index contributed by atoms with van der Waals surface area (Å²) in [7, 11) is 0. The molecule has 0 bridgehead atoms. The van der Waals surface area contributed by atoms with Crippen molar-refractivity contribution in [3.8, 4) is 0 Å². The van der Waals surface area contributed by atoms with E-state index in [2.05, 4.69) is 61.2 Å². The second kappa shape index (κ2) is 6.12. The minimum absolute atomic E-state index is 0.109. The van der Waals surface area contributed by atoms with Gasteiger partial charge in [0.15, 0.2) is 0 Å². The van der Waals surface area contributed by atoms with Gasteiger partial charge >= 0.3 is 0 Å². The molecule has 6 nitrogen and oxygen atoms in total. The Kier molecular flexibility index (Phi) is 4.14. The van der Waals surface area contributed by atoms with Crippen molar-refractivity contribution in [2.45, 2.75) is 77.4 Å². The van der Waals surface area contributed by atoms with E-state index in [1.807, 2.05) is 0 Å². The molecular formula is C20H32N6. The van der Waals surface area contributed by atoms with E-state index in [1.54, 1.807) is 0 Å². The second-order valence-corrected chi connectivity index (χ2v) is 9.42. The predicted octanol–water partition coefficient (Wildman–Crippen LogP) is 3.59. The Bertz CT molecular complexity index is 784. The Morgan fingerprint density at radius 3 is 2.38 bits per heavy atom. The summed E-state index contributed by atoms with van der Waals surface area (Å²) in [5.41, 5.74) is 2.28. The molecule has 6 heteroatoms. The van der Waals surface area contributed by atoms with Crippen molar-refractivity contribution in [3.05, 3.63) is 11.8 Å². The van der Waals surface area contributed by atoms with Gasteiger partial charge in [-0.2, -0.15) is 9.97 Å². The summed E-state index contributed by atoms with van der Waals surface area (Å²) in [4.78, 5) is 15.5. The SMILES string of the molecule is Cc1cc2c(NC3CC(C)(C)NC(C)(C)C3)nc(N3CCCC3)nc2[nH]1. The number of aromatic nitrogens is 3. The summed E-state index contributed by atoms with van der Waals surface area (Å²) in [5, 5.41) is 8.63. The van der Waals surface area contributed by atoms with Crippen LogP contribution in [0.3, 0.4) is 0 Å². The minimum atomic E-state index is 0.109. The monoisotopic (exact) mass is 356 g/mol. The van der Waals surface area contributed by atoms with Crippen molar-refractivity contribution in [2.75, 3.05) is 23.3 Å². The van der Waals surface area contributed by atoms with E-state index in [1.165, 1.54) is 12.8 Å². The molecule has 0 spiro atoms. The predicted molar refractivity (Wildman–Crippen MR) is 108 cm³/mol. The van der Waals surface area contributed by atoms with Gasteiger partial charge in [-0.1, -0.05) is 0 Å². The van der Waals surface area contributed by atoms with Gasteiger partial charge in [-0.05, 0) is 66.4 Å². The maximum atomic E-state index is 4.95. The van der Waals surface area contributed by atoms with Crippen LogP contribution in [-0.4, -0.2) is 45.2 Å². The van der Waals surface area contributed by atoms with Crippen LogP contribution in [-0.2, 0) is 0 Å². The fraction of sp³-hybridized carbons (Fsp3) is 0.700. The minimum Gasteiger partial charge on any atom is -0.366 e. The van der Waals surface area contributed by atoms with Gasteiger partial charge in [0.05, 0.1) is 5.39 Å². The molecule has 2 aromatic rings. The Hall–Kier alpha value is -1.82. The molecule has 0 saturated carbocycles. The van der Waals surface area contributed by atoms with Crippen LogP contribution in [0, 0.1) is 6.92 Å². The van der Waals surface area contributed by atoms with Crippen molar-refractivity contribution in [1.82, 2.24) is 20.3 Å². The van der Waals surface area contributed by atoms with Gasteiger partial charge in [0.1, 0.15) is 11.5 Å². The van der Waals surface area contributed by atoms with Crippen LogP contribution in [0.15, 0.2) is 6.07 Å². The van der Waals surface area contributed by atoms with Crippen LogP contribution in [0.5, 0.6) is 0 Å². The van der Waals surface area contributed by atoms with Gasteiger partial charge in [-0.25, -0.2) is 0 Å². The van der Waals surface area contributed by atoms with E-state index in [0.29, 0.717) is 6.04 Å². The Morgan fingerprint density at radius 1 is 1.08 bits per heavy atom. The summed E-state index contributed by atoms with van der Waals surface area (Å²) in [6.45, 7) is 13.3. The van der Waals surface area contributed by atoms with Crippen LogP contribution in [0.2, 0.25) is 0 Å². The molecule has 142 valence electrons. The molecule has 0 amide bonds. The number of rotatable bonds is 3. The fourth-order valence-electron chi connectivity index (χ4n) is 4.92. The first-order valence-electron chi connectivity index (χ1n) is 9.89. The molecule has 0 atom stereocenters. The average molecular weight is 357 g/mol. The zero-order valence-corrected chi connectivity index (χ0v) is 16.7. The standard InChI is InChI=1S/C20H32N6/c1-13-10-15-16(21-13)23-18(26-8-6-7-9-26)24-17(15)22-14-11-19(2,3)25-20(4,5)12-14/h10,14,25H,6-9,11-12H2,1-5H3,(H2,21,22,23,24). The number of H-pyrrole nitrogens is 1. The zero-order chi connectivity index (χ0) is 18.5. The van der Waals surface area contributed by atoms with Crippen molar-refractivity contribution in [1.29, 1.82) is 0 Å². The lowest BCUT2D eigenvalue weighted by atomic mass is 9.79. The number of anilines is 2. The molecule has 0 radical (unpaired) electrons. The van der Waals surface area contributed by atoms with E-state index in [4.69, 9.17) is 9.97 Å². The van der Waals surface area contributed by atoms with Gasteiger partial charge in [0.2, 0.25) is 5.95 Å². The third-order valence-electron chi connectivity index (χ3n) is 5.53. The number of hydrogen-bond donors (Lipinski definition) is 3. The normalized spacial score (nSPS) is 22.9. The highest BCUT2D eigenvalue weighted by atomic mass is 15.3. The molecule has 2 saturated heterocycles. The van der Waals surface area contributed by atoms with Gasteiger partial charge in [-0.3, -0.25) is 0 Å². The van der Waals surface area contributed by atoms with Crippen molar-refractivity contribution >= 4 is 22.8 Å². The van der Waals surface area contributed by atoms with Gasteiger partial charge < -0.3 is 20.5 Å². The number of aromatic amines is 1. The lowest BCUT2D eigenvalue weighted by molar-refractivity contribution is 0.170. The highest BCUT2D eigenvalue weighted by molar-refractivity contribution is 5.89. The van der Waals surface area contributed by atoms with Gasteiger partial charge in [0.25, 0.3) is 0 Å². The molecule has 3 N–H and O–H groups in total. The summed E-state index contributed by atoms with van der Waals surface area (Å²) in [5.74, 6) is 1.83. The number of hydrogen-bond acceptors (Lipinski definition) is 5. The summed E-state index contributed by atoms with van der Waals surface area (Å²) >= 11 is 0. The molecule has 0 aromatic carbocycles. The average Bonchev–Trinajstić information content (AvgIpc) is 3.11. The lowest BCUT2D eigenvalue weighted by Gasteiger charge is -2.46. The first-order chi connectivity index (χ1) is 12.2. The van der Waals surface area contributed by atoms with Gasteiger partial charge in [-0.15, -0.1) is 0 Å². The third-order valence-corrected chi connectivity index (χ3v) is 5.53. The van der Waals surface area contributed by atoms with Crippen LogP contribution in [0.25, 0.3) is 11.0 Å². The molecule has 0 unspecified atom stereocenters. The number of piperidine rings is 1. The summed E-state index contributed by atoms with van der Waals surface area (Å²) < 4.78 is 0. The summed E-state index contributed by atoms with van der Waals surface area (Å²) in [6, 6.07) is 2.55. The largest absolute Gasteiger partial charge is 0.366 e. The van der Waals surface area contributed by atoms with Crippen molar-refractivity contribution in [3.63, 3.8) is 0 Å². The Balaban J connectivity index is 1.68. The first-order valence-corrected chi connectivity index (χ1v) is 9.89. The van der Waals surface area contributed by atoms with Gasteiger partial charge in [0, 0.05) is 35.9 Å². The fourth-order valence-corrected chi connectivity index (χ4v) is 4.92. The number of aryl methyl sites for hydroxylation is 1. The van der Waals surface area contributed by atoms with E-state index >= 15 is 0 Å². The molecule has 4 heterocycles. The molecule has 0 aliphatic carbocycles. The number of fused-ring (bicyclic) bond motifs is 1. The van der Waals surface area contributed by atoms with Crippen LogP contribution in [0.1, 0.15) is 59.1 Å². The van der Waals surface area contributed by atoms with Crippen LogP contribution >= 0.6 is 0 Å². The highest BCUT2D eigenvalue weighted by Gasteiger charge is 2.38. The molecule has 2 aliphatic rings. The smallest absolute Gasteiger partial charge is 0.229 e. The Labute approximate surface area is 156 Å². The maximum absolute atomic E-state index is 4.95. The zero-order valence-electron chi connectivity index (χ0n) is 16.7. The van der Waals surface area contributed by atoms with E-state index < -0.39 is 0 Å². The van der Waals surface area contributed by atoms with E-state index in [9.17, 15) is 0 Å². The topological polar surface area (TPSA) is 68.9 Å². The highest BCUT2D eigenvalue weighted by Crippen LogP contribution is 2.32. The van der Waals surface area contributed by atoms with E-state index in [0.717, 1.165) is 54.4 Å². The molecule has 4 rings (SSSR count). The molecule has 26 heavy (non-hydrogen) atoms. The quantitative estimate of drug-likeness (QED) is 0.784. The maximum Gasteiger partial charge on any atom is 0.229 e. The lowest BCUT2D eigenvalue weighted by Crippen LogP contribution is -2.60. The number of nitrogens with zero attached hydrogens (tertiary/aromatic N) is 3. The summed E-state index contributed by atoms with van der Waals surface area (Å²) in [6.07, 6.45) is 4.60. The van der Waals surface area contributed by atoms with Crippen LogP contribution < -0.4 is 15.5 Å². The molecule has 2 fully saturated rings. The van der Waals surface area contributed by atoms with E-state index in [-0.39, 0.29) is 11.1 Å². The van der Waals surface area contributed by atoms with Crippen molar-refractivity contribution < 1.29 is 0 Å². The molecule has 2 aromatic heterocycles.